The van der Waals surface area contributed by atoms with Gasteiger partial charge < -0.3 is 9.47 Å². The van der Waals surface area contributed by atoms with E-state index in [-0.39, 0.29) is 17.4 Å². The van der Waals surface area contributed by atoms with Crippen LogP contribution in [0.1, 0.15) is 46.0 Å². The quantitative estimate of drug-likeness (QED) is 0.735. The van der Waals surface area contributed by atoms with Gasteiger partial charge in [0.05, 0.1) is 19.8 Å². The highest BCUT2D eigenvalue weighted by Crippen LogP contribution is 2.40. The zero-order chi connectivity index (χ0) is 17.5. The van der Waals surface area contributed by atoms with Gasteiger partial charge in [0.2, 0.25) is 0 Å². The number of rotatable bonds is 4. The Balaban J connectivity index is 2.94. The summed E-state index contributed by atoms with van der Waals surface area (Å²) in [5, 5.41) is 0. The summed E-state index contributed by atoms with van der Waals surface area (Å²) in [4.78, 5) is 23.3. The number of carbonyl (C=O) groups is 2. The van der Waals surface area contributed by atoms with Gasteiger partial charge in [0.25, 0.3) is 0 Å². The molecule has 0 spiro atoms. The third-order valence-corrected chi connectivity index (χ3v) is 4.97. The van der Waals surface area contributed by atoms with E-state index >= 15 is 0 Å². The predicted molar refractivity (Wildman–Crippen MR) is 90.8 cm³/mol. The minimum absolute atomic E-state index is 0.0155. The number of esters is 2. The predicted octanol–water partition coefficient (Wildman–Crippen LogP) is 3.98. The molecule has 1 aliphatic rings. The molecule has 0 aromatic carbocycles. The molecule has 1 aliphatic carbocycles. The molecule has 0 aliphatic heterocycles. The number of carbonyl (C=O) groups excluding carboxylic acids is 2. The Bertz CT molecular complexity index is 515. The Morgan fingerprint density at radius 2 is 2.04 bits per heavy atom. The van der Waals surface area contributed by atoms with Crippen molar-refractivity contribution < 1.29 is 19.1 Å². The molecule has 0 aromatic rings. The lowest BCUT2D eigenvalue weighted by atomic mass is 9.69. The maximum absolute atomic E-state index is 11.8. The molecule has 23 heavy (non-hydrogen) atoms. The van der Waals surface area contributed by atoms with Gasteiger partial charge in [-0.05, 0) is 48.7 Å². The number of hydrogen-bond acceptors (Lipinski definition) is 4. The topological polar surface area (TPSA) is 52.6 Å². The highest BCUT2D eigenvalue weighted by molar-refractivity contribution is 5.93. The van der Waals surface area contributed by atoms with Crippen molar-refractivity contribution in [2.24, 2.45) is 11.3 Å². The number of ether oxygens (including phenoxy) is 2. The van der Waals surface area contributed by atoms with E-state index in [9.17, 15) is 9.59 Å². The van der Waals surface area contributed by atoms with Crippen LogP contribution in [0.3, 0.4) is 0 Å². The second kappa shape index (κ2) is 8.70. The second-order valence-corrected chi connectivity index (χ2v) is 6.48. The number of methoxy groups -OCH3 is 2. The first-order chi connectivity index (χ1) is 10.8. The lowest BCUT2D eigenvalue weighted by Crippen LogP contribution is -2.27. The fraction of sp³-hybridized carbons (Fsp3) is 0.579. The molecule has 0 amide bonds. The molecule has 0 fully saturated rings. The third-order valence-electron chi connectivity index (χ3n) is 4.97. The lowest BCUT2D eigenvalue weighted by molar-refractivity contribution is -0.141. The van der Waals surface area contributed by atoms with Gasteiger partial charge in [0, 0.05) is 6.42 Å². The van der Waals surface area contributed by atoms with E-state index in [0.29, 0.717) is 17.9 Å². The van der Waals surface area contributed by atoms with Crippen molar-refractivity contribution in [1.29, 1.82) is 0 Å². The van der Waals surface area contributed by atoms with Gasteiger partial charge in [0.1, 0.15) is 0 Å². The van der Waals surface area contributed by atoms with Crippen molar-refractivity contribution >= 4 is 11.9 Å². The SMILES string of the molecule is C=C1CC[C@@H](C)[C@](C)(CCC(=O)OC)C/C=C\C=C1C(=O)OC. The monoisotopic (exact) mass is 320 g/mol. The molecule has 0 radical (unpaired) electrons. The van der Waals surface area contributed by atoms with E-state index in [1.54, 1.807) is 6.08 Å². The van der Waals surface area contributed by atoms with Gasteiger partial charge in [-0.3, -0.25) is 4.79 Å². The minimum atomic E-state index is -0.346. The maximum Gasteiger partial charge on any atom is 0.338 e. The zero-order valence-electron chi connectivity index (χ0n) is 14.7. The first-order valence-corrected chi connectivity index (χ1v) is 8.04. The fourth-order valence-electron chi connectivity index (χ4n) is 2.85. The highest BCUT2D eigenvalue weighted by Gasteiger charge is 2.31. The Hall–Kier alpha value is -1.84. The summed E-state index contributed by atoms with van der Waals surface area (Å²) in [5.74, 6) is -0.122. The maximum atomic E-state index is 11.8. The minimum Gasteiger partial charge on any atom is -0.469 e. The first kappa shape index (κ1) is 19.2. The van der Waals surface area contributed by atoms with Gasteiger partial charge in [-0.2, -0.15) is 0 Å². The highest BCUT2D eigenvalue weighted by atomic mass is 16.5. The van der Waals surface area contributed by atoms with E-state index in [4.69, 9.17) is 9.47 Å². The largest absolute Gasteiger partial charge is 0.469 e. The van der Waals surface area contributed by atoms with Crippen molar-refractivity contribution in [1.82, 2.24) is 0 Å². The Labute approximate surface area is 139 Å². The standard InChI is InChI=1S/C19H28O4/c1-14-9-10-15(2)19(3,13-11-17(20)22-4)12-7-6-8-16(14)18(21)23-5/h6-8,15H,1,9-13H2,2-5H3/b7-6-,16-8?/t15-,19+/m1/s1. The fourth-order valence-corrected chi connectivity index (χ4v) is 2.85. The average molecular weight is 320 g/mol. The zero-order valence-corrected chi connectivity index (χ0v) is 14.7. The van der Waals surface area contributed by atoms with E-state index in [1.807, 2.05) is 6.08 Å². The van der Waals surface area contributed by atoms with E-state index in [0.717, 1.165) is 31.3 Å². The molecule has 0 saturated carbocycles. The summed E-state index contributed by atoms with van der Waals surface area (Å²) in [6.07, 6.45) is 9.41. The van der Waals surface area contributed by atoms with Crippen LogP contribution in [0.2, 0.25) is 0 Å². The molecule has 0 saturated heterocycles. The molecule has 4 nitrogen and oxygen atoms in total. The number of allylic oxidation sites excluding steroid dienone is 3. The Morgan fingerprint density at radius 1 is 1.35 bits per heavy atom. The number of hydrogen-bond donors (Lipinski definition) is 0. The van der Waals surface area contributed by atoms with Crippen molar-refractivity contribution in [3.63, 3.8) is 0 Å². The normalized spacial score (nSPS) is 26.9. The van der Waals surface area contributed by atoms with Crippen LogP contribution in [0.15, 0.2) is 36.0 Å². The first-order valence-electron chi connectivity index (χ1n) is 8.04. The van der Waals surface area contributed by atoms with Crippen LogP contribution in [0.4, 0.5) is 0 Å². The summed E-state index contributed by atoms with van der Waals surface area (Å²) in [5.41, 5.74) is 1.35. The average Bonchev–Trinajstić information content (AvgIpc) is 2.55. The van der Waals surface area contributed by atoms with Gasteiger partial charge in [-0.15, -0.1) is 0 Å². The van der Waals surface area contributed by atoms with Gasteiger partial charge in [-0.1, -0.05) is 32.6 Å². The summed E-state index contributed by atoms with van der Waals surface area (Å²) in [6, 6.07) is 0. The summed E-state index contributed by atoms with van der Waals surface area (Å²) >= 11 is 0. The smallest absolute Gasteiger partial charge is 0.338 e. The molecule has 0 N–H and O–H groups in total. The van der Waals surface area contributed by atoms with Crippen molar-refractivity contribution in [3.8, 4) is 0 Å². The van der Waals surface area contributed by atoms with Crippen LogP contribution >= 0.6 is 0 Å². The van der Waals surface area contributed by atoms with Crippen LogP contribution in [0, 0.1) is 11.3 Å². The van der Waals surface area contributed by atoms with E-state index in [2.05, 4.69) is 26.5 Å². The molecule has 0 aromatic heterocycles. The van der Waals surface area contributed by atoms with E-state index < -0.39 is 0 Å². The van der Waals surface area contributed by atoms with Gasteiger partial charge in [0.15, 0.2) is 0 Å². The molecule has 1 rings (SSSR count). The van der Waals surface area contributed by atoms with Gasteiger partial charge in [-0.25, -0.2) is 4.79 Å². The Morgan fingerprint density at radius 3 is 2.65 bits per heavy atom. The Kier molecular flexibility index (Phi) is 7.27. The summed E-state index contributed by atoms with van der Waals surface area (Å²) in [6.45, 7) is 8.44. The van der Waals surface area contributed by atoms with Crippen LogP contribution in [-0.2, 0) is 19.1 Å². The molecule has 4 heteroatoms. The van der Waals surface area contributed by atoms with Crippen LogP contribution in [0.5, 0.6) is 0 Å². The third kappa shape index (κ3) is 5.38. The summed E-state index contributed by atoms with van der Waals surface area (Å²) < 4.78 is 9.58. The molecule has 128 valence electrons. The molecular weight excluding hydrogens is 292 g/mol. The van der Waals surface area contributed by atoms with Crippen molar-refractivity contribution in [3.05, 3.63) is 36.0 Å². The molecule has 0 unspecified atom stereocenters. The summed E-state index contributed by atoms with van der Waals surface area (Å²) in [7, 11) is 2.80. The molecular formula is C19H28O4. The van der Waals surface area contributed by atoms with Crippen molar-refractivity contribution in [2.75, 3.05) is 14.2 Å². The second-order valence-electron chi connectivity index (χ2n) is 6.48. The molecule has 0 heterocycles. The lowest BCUT2D eigenvalue weighted by Gasteiger charge is -2.35. The van der Waals surface area contributed by atoms with Crippen LogP contribution in [0.25, 0.3) is 0 Å². The molecule has 2 atom stereocenters. The van der Waals surface area contributed by atoms with Crippen molar-refractivity contribution in [2.45, 2.75) is 46.0 Å². The molecule has 0 bridgehead atoms. The van der Waals surface area contributed by atoms with Crippen LogP contribution < -0.4 is 0 Å². The van der Waals surface area contributed by atoms with Crippen LogP contribution in [-0.4, -0.2) is 26.2 Å². The van der Waals surface area contributed by atoms with Gasteiger partial charge >= 0.3 is 11.9 Å². The van der Waals surface area contributed by atoms with E-state index in [1.165, 1.54) is 14.2 Å².